The molecular formula is C44H59N7O9S. The van der Waals surface area contributed by atoms with Crippen LogP contribution in [0.5, 0.6) is 6.01 Å². The minimum Gasteiger partial charge on any atom is -0.459 e. The molecule has 2 fully saturated rings. The molecule has 17 heteroatoms. The van der Waals surface area contributed by atoms with Crippen molar-refractivity contribution in [1.82, 2.24) is 34.1 Å². The van der Waals surface area contributed by atoms with Crippen LogP contribution in [0.1, 0.15) is 108 Å². The molecule has 1 saturated carbocycles. The molecule has 3 aromatic rings. The third-order valence-corrected chi connectivity index (χ3v) is 12.7. The number of carbonyl (C=O) groups is 5. The highest BCUT2D eigenvalue weighted by Gasteiger charge is 2.62. The van der Waals surface area contributed by atoms with Gasteiger partial charge in [0.05, 0.1) is 12.1 Å². The third-order valence-electron chi connectivity index (χ3n) is 11.3. The van der Waals surface area contributed by atoms with Gasteiger partial charge in [-0.25, -0.2) is 9.52 Å². The maximum absolute atomic E-state index is 14.7. The second-order valence-electron chi connectivity index (χ2n) is 17.7. The number of nitrogens with zero attached hydrogens (tertiary/aromatic N) is 4. The smallest absolute Gasteiger partial charge is 0.408 e. The number of hydrogen-bond donors (Lipinski definition) is 3. The van der Waals surface area contributed by atoms with Crippen LogP contribution in [0.2, 0.25) is 0 Å². The van der Waals surface area contributed by atoms with Crippen molar-refractivity contribution in [1.29, 1.82) is 0 Å². The van der Waals surface area contributed by atoms with Gasteiger partial charge in [0.15, 0.2) is 5.78 Å². The van der Waals surface area contributed by atoms with Gasteiger partial charge in [0, 0.05) is 44.5 Å². The molecule has 0 bridgehead atoms. The molecule has 2 aromatic carbocycles. The van der Waals surface area contributed by atoms with E-state index >= 15 is 0 Å². The zero-order valence-electron chi connectivity index (χ0n) is 36.1. The van der Waals surface area contributed by atoms with Crippen molar-refractivity contribution >= 4 is 50.8 Å². The van der Waals surface area contributed by atoms with Crippen LogP contribution in [0.25, 0.3) is 11.0 Å². The number of aryl methyl sites for hydroxylation is 1. The fourth-order valence-corrected chi connectivity index (χ4v) is 8.60. The molecule has 0 unspecified atom stereocenters. The van der Waals surface area contributed by atoms with Crippen molar-refractivity contribution in [2.75, 3.05) is 20.6 Å². The summed E-state index contributed by atoms with van der Waals surface area (Å²) in [5.74, 6) is -2.66. The van der Waals surface area contributed by atoms with E-state index in [0.717, 1.165) is 22.7 Å². The van der Waals surface area contributed by atoms with E-state index in [-0.39, 0.29) is 50.1 Å². The Morgan fingerprint density at radius 3 is 2.46 bits per heavy atom. The van der Waals surface area contributed by atoms with Crippen molar-refractivity contribution in [3.8, 4) is 6.01 Å². The fraction of sp³-hybridized carbons (Fsp3) is 0.545. The number of amides is 4. The molecule has 3 heterocycles. The topological polar surface area (TPSA) is 198 Å². The average Bonchev–Trinajstić information content (AvgIpc) is 3.51. The van der Waals surface area contributed by atoms with Gasteiger partial charge in [-0.2, -0.15) is 17.7 Å². The molecule has 3 aliphatic rings. The maximum atomic E-state index is 14.7. The van der Waals surface area contributed by atoms with Crippen molar-refractivity contribution in [3.05, 3.63) is 71.8 Å². The number of benzene rings is 2. The zero-order valence-corrected chi connectivity index (χ0v) is 36.9. The van der Waals surface area contributed by atoms with Crippen LogP contribution >= 0.6 is 0 Å². The number of rotatable bonds is 11. The molecule has 16 nitrogen and oxygen atoms in total. The minimum absolute atomic E-state index is 0.0188. The first-order valence-corrected chi connectivity index (χ1v) is 22.5. The fourth-order valence-electron chi connectivity index (χ4n) is 8.00. The van der Waals surface area contributed by atoms with Crippen molar-refractivity contribution in [2.45, 2.75) is 128 Å². The van der Waals surface area contributed by atoms with E-state index in [1.165, 1.54) is 19.0 Å². The molecule has 1 saturated heterocycles. The Kier molecular flexibility index (Phi) is 13.6. The molecular weight excluding hydrogens is 803 g/mol. The normalized spacial score (nSPS) is 24.2. The first kappa shape index (κ1) is 45.2. The Morgan fingerprint density at radius 1 is 1.03 bits per heavy atom. The Bertz CT molecular complexity index is 2270. The van der Waals surface area contributed by atoms with Crippen LogP contribution in [-0.2, 0) is 35.8 Å². The highest BCUT2D eigenvalue weighted by molar-refractivity contribution is 7.87. The molecule has 330 valence electrons. The minimum atomic E-state index is -4.20. The summed E-state index contributed by atoms with van der Waals surface area (Å²) in [7, 11) is -1.63. The van der Waals surface area contributed by atoms with Gasteiger partial charge in [0.1, 0.15) is 34.8 Å². The summed E-state index contributed by atoms with van der Waals surface area (Å²) in [6.07, 6.45) is 6.17. The number of alkyl carbamates (subject to hydrolysis) is 1. The number of para-hydroxylation sites is 1. The number of ketones is 1. The number of Topliss-reactive ketones (excluding diaryl/α,β-unsaturated/α-hetero) is 1. The lowest BCUT2D eigenvalue weighted by molar-refractivity contribution is -0.141. The molecule has 1 aliphatic carbocycles. The predicted octanol–water partition coefficient (Wildman–Crippen LogP) is 4.99. The van der Waals surface area contributed by atoms with Gasteiger partial charge in [-0.3, -0.25) is 23.7 Å². The van der Waals surface area contributed by atoms with Crippen LogP contribution < -0.4 is 20.1 Å². The number of fused-ring (bicyclic) bond motifs is 3. The second-order valence-corrected chi connectivity index (χ2v) is 19.6. The molecule has 4 amide bonds. The summed E-state index contributed by atoms with van der Waals surface area (Å²) in [6.45, 7) is 9.00. The number of carbonyl (C=O) groups excluding carboxylic acids is 5. The summed E-state index contributed by atoms with van der Waals surface area (Å²) in [5.41, 5.74) is 0.235. The van der Waals surface area contributed by atoms with Crippen LogP contribution in [0.3, 0.4) is 0 Å². The second kappa shape index (κ2) is 18.4. The number of hydrogen-bond acceptors (Lipinski definition) is 10. The molecule has 61 heavy (non-hydrogen) atoms. The van der Waals surface area contributed by atoms with Gasteiger partial charge in [0.2, 0.25) is 11.8 Å². The third kappa shape index (κ3) is 10.6. The lowest BCUT2D eigenvalue weighted by Gasteiger charge is -2.30. The summed E-state index contributed by atoms with van der Waals surface area (Å²) in [6, 6.07) is 13.0. The van der Waals surface area contributed by atoms with Gasteiger partial charge in [0.25, 0.3) is 11.9 Å². The molecule has 0 spiro atoms. The Morgan fingerprint density at radius 2 is 1.77 bits per heavy atom. The Balaban J connectivity index is 1.33. The van der Waals surface area contributed by atoms with Crippen molar-refractivity contribution < 1.29 is 41.9 Å². The lowest BCUT2D eigenvalue weighted by atomic mass is 10.0. The summed E-state index contributed by atoms with van der Waals surface area (Å²) < 4.78 is 42.6. The highest BCUT2D eigenvalue weighted by Crippen LogP contribution is 2.46. The van der Waals surface area contributed by atoms with Crippen LogP contribution in [0, 0.1) is 5.92 Å². The van der Waals surface area contributed by atoms with Crippen LogP contribution in [-0.4, -0.2) is 107 Å². The number of aromatic nitrogens is 2. The monoisotopic (exact) mass is 861 g/mol. The van der Waals surface area contributed by atoms with E-state index in [4.69, 9.17) is 14.5 Å². The molecule has 0 radical (unpaired) electrons. The van der Waals surface area contributed by atoms with Crippen LogP contribution in [0.4, 0.5) is 4.79 Å². The van der Waals surface area contributed by atoms with Crippen molar-refractivity contribution in [3.63, 3.8) is 0 Å². The van der Waals surface area contributed by atoms with Gasteiger partial charge in [-0.05, 0) is 84.4 Å². The van der Waals surface area contributed by atoms with Crippen molar-refractivity contribution in [2.24, 2.45) is 5.92 Å². The SMILES string of the molecule is CC(C)n1c(O[C@@H]2C[C@H]3C(=O)N[C@]4(C(=O)NS(=O)(=O)N(C)C)C[C@H]4/C=C\CCCCC[C@H](NC(=O)OC(C)(C)C)C(=O)N3C2)nc2c(C(=O)CCc3ccccc3)cccc21. The first-order valence-electron chi connectivity index (χ1n) is 21.1. The number of allylic oxidation sites excluding steroid dienone is 1. The summed E-state index contributed by atoms with van der Waals surface area (Å²) in [5, 5.41) is 5.60. The molecule has 6 rings (SSSR count). The molecule has 2 aliphatic heterocycles. The summed E-state index contributed by atoms with van der Waals surface area (Å²) in [4.78, 5) is 76.0. The van der Waals surface area contributed by atoms with E-state index < -0.39 is 69.3 Å². The zero-order chi connectivity index (χ0) is 44.3. The van der Waals surface area contributed by atoms with E-state index in [9.17, 15) is 32.4 Å². The lowest BCUT2D eigenvalue weighted by Crippen LogP contribution is -2.58. The van der Waals surface area contributed by atoms with Gasteiger partial charge in [-0.15, -0.1) is 0 Å². The standard InChI is InChI=1S/C44H59N7O9S/c1-28(2)51-34-22-16-20-32(36(52)24-23-29-17-12-11-13-18-29)37(34)46-41(51)59-31-25-35-38(53)47-44(40(55)48-61(57,58)49(6)7)26-30(44)19-14-9-8-10-15-21-33(39(54)50(35)27-31)45-42(56)60-43(3,4)5/h11-14,16-20,22,28,30-31,33,35H,8-10,15,21,23-27H2,1-7H3,(H,45,56)(H,47,53)(H,48,55)/b19-14-/t30-,31-,33+,35+,44-/m1/s1. The molecule has 3 N–H and O–H groups in total. The van der Waals surface area contributed by atoms with Gasteiger partial charge < -0.3 is 25.0 Å². The van der Waals surface area contributed by atoms with E-state index in [1.807, 2.05) is 73.0 Å². The predicted molar refractivity (Wildman–Crippen MR) is 229 cm³/mol. The van der Waals surface area contributed by atoms with Gasteiger partial charge >= 0.3 is 16.3 Å². The Hall–Kier alpha value is -5.29. The quantitative estimate of drug-likeness (QED) is 0.174. The highest BCUT2D eigenvalue weighted by atomic mass is 32.2. The molecule has 5 atom stereocenters. The maximum Gasteiger partial charge on any atom is 0.408 e. The molecule has 1 aromatic heterocycles. The van der Waals surface area contributed by atoms with E-state index in [1.54, 1.807) is 26.8 Å². The van der Waals surface area contributed by atoms with E-state index in [2.05, 4.69) is 15.4 Å². The Labute approximate surface area is 358 Å². The van der Waals surface area contributed by atoms with E-state index in [0.29, 0.717) is 35.9 Å². The summed E-state index contributed by atoms with van der Waals surface area (Å²) >= 11 is 0. The largest absolute Gasteiger partial charge is 0.459 e. The van der Waals surface area contributed by atoms with Crippen LogP contribution in [0.15, 0.2) is 60.7 Å². The number of ether oxygens (including phenoxy) is 2. The number of imidazole rings is 1. The van der Waals surface area contributed by atoms with Gasteiger partial charge in [-0.1, -0.05) is 61.4 Å². The first-order chi connectivity index (χ1) is 28.8. The average molecular weight is 862 g/mol. The number of nitrogens with one attached hydrogen (secondary N) is 3.